The van der Waals surface area contributed by atoms with Gasteiger partial charge in [0.1, 0.15) is 17.6 Å². The van der Waals surface area contributed by atoms with Crippen LogP contribution in [0.2, 0.25) is 0 Å². The monoisotopic (exact) mass is 660 g/mol. The third-order valence-corrected chi connectivity index (χ3v) is 11.3. The molecule has 0 unspecified atom stereocenters. The van der Waals surface area contributed by atoms with Crippen molar-refractivity contribution in [2.75, 3.05) is 52.4 Å². The summed E-state index contributed by atoms with van der Waals surface area (Å²) in [6, 6.07) is 12.0. The van der Waals surface area contributed by atoms with Crippen molar-refractivity contribution in [1.29, 1.82) is 0 Å². The average molecular weight is 661 g/mol. The number of phenolic OH excluding ortho intramolecular Hbond substituents is 1. The topological polar surface area (TPSA) is 117 Å². The summed E-state index contributed by atoms with van der Waals surface area (Å²) in [6.07, 6.45) is 4.15. The molecule has 1 spiro atoms. The van der Waals surface area contributed by atoms with Gasteiger partial charge in [-0.25, -0.2) is 4.39 Å². The van der Waals surface area contributed by atoms with Crippen LogP contribution in [0.3, 0.4) is 0 Å². The van der Waals surface area contributed by atoms with Crippen LogP contribution in [0.1, 0.15) is 60.9 Å². The standard InChI is InChI=1S/C36H45FN6O5/c37-27-9-7-25(8-10-27)34(47)40-18-13-36(14-19-40)22-32(45)42-21-20-41(23-26-4-1-2-6-31(26)44)30(24-42)35(48)39-16-11-28(12-17-39)43-15-3-5-29(43)33(46)38-36/h1-2,4,6-10,28-30,44H,3,5,11-24H2,(H,38,46)/t29-,30+/m0/s1. The number of amides is 4. The molecule has 6 aliphatic rings. The molecule has 6 aliphatic heterocycles. The molecule has 0 aliphatic carbocycles. The van der Waals surface area contributed by atoms with E-state index in [1.54, 1.807) is 21.9 Å². The maximum absolute atomic E-state index is 14.2. The van der Waals surface area contributed by atoms with E-state index >= 15 is 0 Å². The number of para-hydroxylation sites is 1. The van der Waals surface area contributed by atoms with Gasteiger partial charge >= 0.3 is 0 Å². The lowest BCUT2D eigenvalue weighted by atomic mass is 9.83. The summed E-state index contributed by atoms with van der Waals surface area (Å²) >= 11 is 0. The van der Waals surface area contributed by atoms with Crippen molar-refractivity contribution in [3.8, 4) is 5.75 Å². The molecule has 0 radical (unpaired) electrons. The van der Waals surface area contributed by atoms with Gasteiger partial charge in [-0.3, -0.25) is 29.0 Å². The number of phenols is 1. The van der Waals surface area contributed by atoms with Crippen LogP contribution in [0.4, 0.5) is 4.39 Å². The van der Waals surface area contributed by atoms with Crippen molar-refractivity contribution >= 4 is 23.6 Å². The highest BCUT2D eigenvalue weighted by Gasteiger charge is 2.46. The second-order valence-corrected chi connectivity index (χ2v) is 14.2. The van der Waals surface area contributed by atoms with Gasteiger partial charge in [-0.2, -0.15) is 0 Å². The Hall–Kier alpha value is -4.03. The molecule has 8 rings (SSSR count). The molecular weight excluding hydrogens is 615 g/mol. The third-order valence-electron chi connectivity index (χ3n) is 11.3. The maximum atomic E-state index is 14.2. The van der Waals surface area contributed by atoms with Gasteiger partial charge in [0, 0.05) is 69.5 Å². The smallest absolute Gasteiger partial charge is 0.253 e. The number of likely N-dealkylation sites (tertiary alicyclic amines) is 1. The molecule has 2 aromatic carbocycles. The van der Waals surface area contributed by atoms with Gasteiger partial charge in [0.15, 0.2) is 0 Å². The van der Waals surface area contributed by atoms with Crippen LogP contribution in [0, 0.1) is 5.82 Å². The maximum Gasteiger partial charge on any atom is 0.253 e. The van der Waals surface area contributed by atoms with Gasteiger partial charge in [-0.1, -0.05) is 18.2 Å². The summed E-state index contributed by atoms with van der Waals surface area (Å²) in [7, 11) is 0. The number of rotatable bonds is 3. The van der Waals surface area contributed by atoms with Gasteiger partial charge in [-0.05, 0) is 75.4 Å². The quantitative estimate of drug-likeness (QED) is 0.519. The van der Waals surface area contributed by atoms with E-state index in [4.69, 9.17) is 0 Å². The Labute approximate surface area is 280 Å². The fourth-order valence-electron chi connectivity index (χ4n) is 8.47. The first-order chi connectivity index (χ1) is 23.2. The first-order valence-corrected chi connectivity index (χ1v) is 17.4. The van der Waals surface area contributed by atoms with E-state index < -0.39 is 17.4 Å². The number of aromatic hydroxyl groups is 1. The summed E-state index contributed by atoms with van der Waals surface area (Å²) in [6.45, 7) is 4.27. The van der Waals surface area contributed by atoms with Crippen molar-refractivity contribution in [1.82, 2.24) is 29.8 Å². The largest absolute Gasteiger partial charge is 0.508 e. The Morgan fingerprint density at radius 1 is 0.854 bits per heavy atom. The lowest BCUT2D eigenvalue weighted by Gasteiger charge is -2.45. The number of fused-ring (bicyclic) bond motifs is 4. The second kappa shape index (κ2) is 13.5. The fourth-order valence-corrected chi connectivity index (χ4v) is 8.47. The number of halogens is 1. The Kier molecular flexibility index (Phi) is 9.12. The van der Waals surface area contributed by atoms with Crippen LogP contribution in [0.5, 0.6) is 5.75 Å². The van der Waals surface area contributed by atoms with Crippen molar-refractivity contribution in [3.63, 3.8) is 0 Å². The van der Waals surface area contributed by atoms with Gasteiger partial charge in [0.2, 0.25) is 17.7 Å². The Morgan fingerprint density at radius 3 is 2.31 bits per heavy atom. The van der Waals surface area contributed by atoms with E-state index in [9.17, 15) is 28.7 Å². The number of nitrogens with zero attached hydrogens (tertiary/aromatic N) is 5. The van der Waals surface area contributed by atoms with Crippen molar-refractivity contribution in [3.05, 3.63) is 65.5 Å². The van der Waals surface area contributed by atoms with Crippen LogP contribution in [-0.2, 0) is 20.9 Å². The molecule has 4 bridgehead atoms. The number of piperidine rings is 2. The number of benzene rings is 2. The minimum atomic E-state index is -0.837. The van der Waals surface area contributed by atoms with E-state index in [1.165, 1.54) is 24.3 Å². The van der Waals surface area contributed by atoms with Crippen molar-refractivity contribution in [2.24, 2.45) is 0 Å². The molecule has 48 heavy (non-hydrogen) atoms. The summed E-state index contributed by atoms with van der Waals surface area (Å²) < 4.78 is 13.5. The number of piperazine rings is 1. The lowest BCUT2D eigenvalue weighted by Crippen LogP contribution is -2.63. The normalized spacial score (nSPS) is 25.9. The predicted molar refractivity (Wildman–Crippen MR) is 175 cm³/mol. The molecule has 2 atom stereocenters. The summed E-state index contributed by atoms with van der Waals surface area (Å²) in [5.41, 5.74) is 0.304. The zero-order chi connectivity index (χ0) is 33.4. The molecular formula is C36H45FN6O5. The van der Waals surface area contributed by atoms with Crippen LogP contribution in [0.15, 0.2) is 48.5 Å². The van der Waals surface area contributed by atoms with E-state index in [0.717, 1.165) is 37.8 Å². The molecule has 2 aromatic rings. The molecule has 4 amide bonds. The average Bonchev–Trinajstić information content (AvgIpc) is 3.60. The van der Waals surface area contributed by atoms with Crippen molar-refractivity contribution in [2.45, 2.75) is 75.2 Å². The fraction of sp³-hybridized carbons (Fsp3) is 0.556. The van der Waals surface area contributed by atoms with Crippen LogP contribution in [0.25, 0.3) is 0 Å². The number of carbonyl (C=O) groups excluding carboxylic acids is 4. The Balaban J connectivity index is 1.15. The van der Waals surface area contributed by atoms with E-state index in [0.29, 0.717) is 64.2 Å². The zero-order valence-corrected chi connectivity index (χ0v) is 27.4. The molecule has 11 nitrogen and oxygen atoms in total. The summed E-state index contributed by atoms with van der Waals surface area (Å²) in [5.74, 6) is -0.595. The highest BCUT2D eigenvalue weighted by atomic mass is 19.1. The first kappa shape index (κ1) is 32.5. The summed E-state index contributed by atoms with van der Waals surface area (Å²) in [4.78, 5) is 65.5. The molecule has 0 saturated carbocycles. The number of carbonyl (C=O) groups is 4. The molecule has 256 valence electrons. The minimum Gasteiger partial charge on any atom is -0.508 e. The molecule has 6 heterocycles. The highest BCUT2D eigenvalue weighted by molar-refractivity contribution is 5.94. The van der Waals surface area contributed by atoms with E-state index in [1.807, 2.05) is 17.0 Å². The molecule has 12 heteroatoms. The zero-order valence-electron chi connectivity index (χ0n) is 27.4. The third kappa shape index (κ3) is 6.52. The second-order valence-electron chi connectivity index (χ2n) is 14.2. The molecule has 2 N–H and O–H groups in total. The van der Waals surface area contributed by atoms with Gasteiger partial charge < -0.3 is 25.1 Å². The minimum absolute atomic E-state index is 0.00532. The Morgan fingerprint density at radius 2 is 1.58 bits per heavy atom. The van der Waals surface area contributed by atoms with Gasteiger partial charge in [0.05, 0.1) is 18.0 Å². The van der Waals surface area contributed by atoms with E-state index in [-0.39, 0.29) is 54.4 Å². The predicted octanol–water partition coefficient (Wildman–Crippen LogP) is 2.19. The molecule has 6 saturated heterocycles. The van der Waals surface area contributed by atoms with Crippen LogP contribution < -0.4 is 5.32 Å². The first-order valence-electron chi connectivity index (χ1n) is 17.4. The SMILES string of the molecule is O=C1NC2(CCN(C(=O)c3ccc(F)cc3)CC2)CC(=O)N2CCN(Cc3ccccc3O)[C@H](C2)C(=O)N2CCC(CC2)N2CCC[C@@H]12. The Bertz CT molecular complexity index is 1540. The highest BCUT2D eigenvalue weighted by Crippen LogP contribution is 2.33. The van der Waals surface area contributed by atoms with Crippen LogP contribution in [-0.4, -0.2) is 129 Å². The van der Waals surface area contributed by atoms with E-state index in [2.05, 4.69) is 15.1 Å². The van der Waals surface area contributed by atoms with Gasteiger partial charge in [-0.15, -0.1) is 0 Å². The van der Waals surface area contributed by atoms with Gasteiger partial charge in [0.25, 0.3) is 5.91 Å². The number of hydrogen-bond acceptors (Lipinski definition) is 7. The number of hydrogen-bond donors (Lipinski definition) is 2. The molecule has 6 fully saturated rings. The lowest BCUT2D eigenvalue weighted by molar-refractivity contribution is -0.145. The number of nitrogens with one attached hydrogen (secondary N) is 1. The van der Waals surface area contributed by atoms with Crippen molar-refractivity contribution < 1.29 is 28.7 Å². The summed E-state index contributed by atoms with van der Waals surface area (Å²) in [5, 5.41) is 13.9. The van der Waals surface area contributed by atoms with Crippen LogP contribution >= 0.6 is 0 Å². The molecule has 0 aromatic heterocycles.